The molecule has 19 N–H and O–H groups in total. The molecule has 0 spiro atoms. The summed E-state index contributed by atoms with van der Waals surface area (Å²) in [7, 11) is 5.31. The fourth-order valence-electron chi connectivity index (χ4n) is 16.0. The quantitative estimate of drug-likeness (QED) is 0.0207. The molecule has 6 aromatic rings. The van der Waals surface area contributed by atoms with Crippen LogP contribution in [0.15, 0.2) is 104 Å². The fraction of sp³-hybridized carbons (Fsp3) is 0.517. The van der Waals surface area contributed by atoms with Crippen LogP contribution in [0.5, 0.6) is 0 Å². The number of nitrogens with zero attached hydrogens (tertiary/aromatic N) is 6. The number of aliphatic hydroxyl groups is 1. The highest BCUT2D eigenvalue weighted by Crippen LogP contribution is 2.28. The van der Waals surface area contributed by atoms with E-state index in [0.29, 0.717) is 69.9 Å². The summed E-state index contributed by atoms with van der Waals surface area (Å²) < 4.78 is 0. The number of para-hydroxylation sites is 2. The molecule has 1 unspecified atom stereocenters. The van der Waals surface area contributed by atoms with E-state index in [1.54, 1.807) is 91.3 Å². The van der Waals surface area contributed by atoms with E-state index in [1.807, 2.05) is 13.8 Å². The van der Waals surface area contributed by atoms with Crippen molar-refractivity contribution in [3.63, 3.8) is 0 Å². The van der Waals surface area contributed by atoms with Gasteiger partial charge in [-0.15, -0.1) is 11.8 Å². The number of hydrogen-bond acceptors (Lipinski definition) is 21. The molecule has 5 heterocycles. The molecule has 3 aromatic carbocycles. The molecule has 0 radical (unpaired) electrons. The first-order chi connectivity index (χ1) is 61.5. The van der Waals surface area contributed by atoms with E-state index in [9.17, 15) is 62.6 Å². The molecular weight excluding hydrogens is 1680 g/mol. The number of imidazole rings is 1. The molecule has 2 saturated heterocycles. The summed E-state index contributed by atoms with van der Waals surface area (Å²) >= 11 is 0.858. The van der Waals surface area contributed by atoms with Crippen LogP contribution in [-0.4, -0.2) is 288 Å². The highest BCUT2D eigenvalue weighted by Gasteiger charge is 2.44. The predicted molar refractivity (Wildman–Crippen MR) is 479 cm³/mol. The minimum Gasteiger partial charge on any atom is -0.394 e. The molecule has 0 aliphatic carbocycles. The number of carbonyl (C=O) groups excluding carboxylic acids is 17. The van der Waals surface area contributed by atoms with Gasteiger partial charge in [-0.1, -0.05) is 106 Å². The number of carbonyl (C=O) groups is 17. The van der Waals surface area contributed by atoms with Gasteiger partial charge in [0, 0.05) is 150 Å². The van der Waals surface area contributed by atoms with Crippen molar-refractivity contribution in [2.45, 2.75) is 216 Å². The van der Waals surface area contributed by atoms with Crippen LogP contribution in [0.1, 0.15) is 146 Å². The number of hydrogen-bond donors (Lipinski definition) is 16. The Morgan fingerprint density at radius 1 is 0.550 bits per heavy atom. The van der Waals surface area contributed by atoms with Crippen molar-refractivity contribution < 1.29 is 86.6 Å². The van der Waals surface area contributed by atoms with Crippen LogP contribution in [-0.2, 0) is 107 Å². The molecule has 40 heteroatoms. The lowest BCUT2D eigenvalue weighted by Crippen LogP contribution is -2.60. The third-order valence-electron chi connectivity index (χ3n) is 23.4. The normalized spacial score (nSPS) is 23.9. The van der Waals surface area contributed by atoms with Crippen LogP contribution in [0.25, 0.3) is 21.8 Å². The topological polar surface area (TPSA) is 585 Å². The summed E-state index contributed by atoms with van der Waals surface area (Å²) in [4.78, 5) is 266. The molecule has 129 heavy (non-hydrogen) atoms. The minimum absolute atomic E-state index is 0.0359. The van der Waals surface area contributed by atoms with E-state index in [-0.39, 0.29) is 89.0 Å². The number of thioether (sulfide) groups is 1. The smallest absolute Gasteiger partial charge is 0.246 e. The third-order valence-corrected chi connectivity index (χ3v) is 24.4. The number of H-pyrrole nitrogens is 3. The maximum atomic E-state index is 15.7. The number of unbranched alkanes of at least 4 members (excludes halogenated alkanes) is 2. The van der Waals surface area contributed by atoms with Crippen molar-refractivity contribution in [1.29, 1.82) is 5.41 Å². The summed E-state index contributed by atoms with van der Waals surface area (Å²) in [5.74, 6) is -17.7. The van der Waals surface area contributed by atoms with Crippen molar-refractivity contribution in [2.75, 3.05) is 65.9 Å². The number of Topliss-reactive ketones (excluding diaryl/α,β-unsaturated/α-hetero) is 3. The zero-order chi connectivity index (χ0) is 94.3. The first-order valence-electron chi connectivity index (χ1n) is 43.5. The Kier molecular flexibility index (Phi) is 38.9. The average Bonchev–Trinajstić information content (AvgIpc) is 1.72. The number of amides is 14. The van der Waals surface area contributed by atoms with Crippen LogP contribution in [0, 0.1) is 17.2 Å². The van der Waals surface area contributed by atoms with Gasteiger partial charge in [0.25, 0.3) is 0 Å². The van der Waals surface area contributed by atoms with Gasteiger partial charge < -0.3 is 104 Å². The molecule has 2 aliphatic heterocycles. The Balaban J connectivity index is 1.16. The number of nitrogens with one attached hydrogen (secondary N) is 12. The Bertz CT molecular complexity index is 4970. The van der Waals surface area contributed by atoms with Gasteiger partial charge in [-0.05, 0) is 81.2 Å². The van der Waals surface area contributed by atoms with Gasteiger partial charge >= 0.3 is 0 Å². The Morgan fingerprint density at radius 3 is 1.73 bits per heavy atom. The molecular formula is C89H123N21O18S. The molecule has 39 nitrogen and oxygen atoms in total. The first-order valence-corrected chi connectivity index (χ1v) is 44.7. The van der Waals surface area contributed by atoms with Gasteiger partial charge in [0.2, 0.25) is 82.7 Å². The van der Waals surface area contributed by atoms with Crippen LogP contribution < -0.4 is 59.7 Å². The van der Waals surface area contributed by atoms with Crippen molar-refractivity contribution >= 4 is 140 Å². The Labute approximate surface area is 752 Å². The number of aromatic amines is 3. The van der Waals surface area contributed by atoms with E-state index in [4.69, 9.17) is 22.6 Å². The second kappa shape index (κ2) is 49.5. The average molecular weight is 1810 g/mol. The lowest BCUT2D eigenvalue weighted by atomic mass is 9.90. The molecule has 3 aromatic heterocycles. The Morgan fingerprint density at radius 2 is 1.12 bits per heavy atom. The number of ketones is 3. The zero-order valence-electron chi connectivity index (χ0n) is 74.2. The van der Waals surface area contributed by atoms with E-state index in [0.717, 1.165) is 21.6 Å². The van der Waals surface area contributed by atoms with Crippen LogP contribution >= 0.6 is 11.8 Å². The number of rotatable bonds is 25. The predicted octanol–water partition coefficient (Wildman–Crippen LogP) is 0.250. The number of benzene rings is 3. The number of likely N-dealkylation sites (N-methyl/N-ethyl adjacent to an activating group) is 4. The molecule has 0 bridgehead atoms. The highest BCUT2D eigenvalue weighted by atomic mass is 32.2. The van der Waals surface area contributed by atoms with E-state index < -0.39 is 229 Å². The van der Waals surface area contributed by atoms with Gasteiger partial charge in [0.1, 0.15) is 48.3 Å². The summed E-state index contributed by atoms with van der Waals surface area (Å²) in [5.41, 5.74) is 20.2. The molecule has 8 rings (SSSR count). The van der Waals surface area contributed by atoms with Crippen LogP contribution in [0.3, 0.4) is 0 Å². The van der Waals surface area contributed by atoms with E-state index >= 15 is 24.0 Å². The summed E-state index contributed by atoms with van der Waals surface area (Å²) in [6, 6.07) is 6.64. The number of nitrogens with two attached hydrogens (primary N) is 3. The van der Waals surface area contributed by atoms with Gasteiger partial charge in [-0.2, -0.15) is 0 Å². The van der Waals surface area contributed by atoms with Crippen molar-refractivity contribution in [2.24, 2.45) is 29.0 Å². The van der Waals surface area contributed by atoms with Crippen molar-refractivity contribution in [3.8, 4) is 0 Å². The summed E-state index contributed by atoms with van der Waals surface area (Å²) in [6.45, 7) is 4.62. The van der Waals surface area contributed by atoms with Gasteiger partial charge in [-0.25, -0.2) is 4.98 Å². The van der Waals surface area contributed by atoms with E-state index in [1.165, 1.54) is 69.3 Å². The lowest BCUT2D eigenvalue weighted by molar-refractivity contribution is -0.149. The molecule has 13 atom stereocenters. The van der Waals surface area contributed by atoms with Crippen molar-refractivity contribution in [1.82, 2.24) is 87.0 Å². The first kappa shape index (κ1) is 102. The number of aliphatic hydroxyl groups excluding tert-OH is 1. The SMILES string of the molecule is CCCC[C@H]1C(=O)N(C)[C@@H](CCCC)C(=O)C[C@@H](CCCNC(=N)N)C(=O)N[C@H](C(=O)CCC(N)=O)CSCC(=O)N[C@@H](Cc2ccccc2)C(=O)N(C)[C@@H](C)C(=O)N[C@@H](CC(N)=O)C(=O)N2CCCC2C(=O)C[C@@H](Cc2cnc[nH]2)C(=O)N[C@@H](C)C(=O)N(C)CC(=O)N[C@@H](Cc2c[nH]c3ccccc23)C(=O)N[C@@H](CO)C(=O)N[C@@H](Cc2c[nH]c3ccccc23)C(=O)N1C. The molecule has 14 amide bonds. The standard InChI is InChI=1S/C89H123N21O18S/c1-9-11-29-69-73(113)40-54(24-20-34-95-89(92)93)80(120)105-68(72(112)32-33-75(90)115)48-129-49-78(118)101-64(36-53-22-14-13-15-23-53)85(125)107(6)52(4)79(119)102-66(42-76(91)116)87(127)110-35-21-31-70(110)74(114)41-55(37-58-45-94-50-98-58)81(121)99-51(3)84(124)106(5)46-77(117)100-63(38-56-43-96-61-27-18-16-25-59(56)61)82(122)104-67(47-111)83(123)103-65(39-57-44-97-62-28-19-17-26-60(57)62)86(126)109(8)71(30-12-10-2)88(128)108(69)7/h13-19,22-23,25-28,43-45,50-52,54-55,63-71,96-97,111H,9-12,20-21,24,29-42,46-49H2,1-8H3,(H2,90,115)(H2,91,116)(H,94,98)(H,99,121)(H,100,117)(H,101,118)(H,102,119)(H,103,123)(H,104,122)(H,105,120)(H4,92,93,95)/t51-,52-,54+,55+,63-,64-,65-,66-,67-,68-,69-,70?,71-/m0/s1. The lowest BCUT2D eigenvalue weighted by Gasteiger charge is -2.36. The molecule has 2 fully saturated rings. The van der Waals surface area contributed by atoms with E-state index in [2.05, 4.69) is 62.5 Å². The van der Waals surface area contributed by atoms with Crippen molar-refractivity contribution in [3.05, 3.63) is 126 Å². The van der Waals surface area contributed by atoms with Gasteiger partial charge in [0.15, 0.2) is 23.3 Å². The maximum Gasteiger partial charge on any atom is 0.246 e. The summed E-state index contributed by atoms with van der Waals surface area (Å²) in [6.07, 6.45) is 4.88. The second-order valence-corrected chi connectivity index (χ2v) is 34.1. The molecule has 0 saturated carbocycles. The number of fused-ring (bicyclic) bond motifs is 3. The minimum atomic E-state index is -1.83. The van der Waals surface area contributed by atoms with Crippen LogP contribution in [0.4, 0.5) is 0 Å². The largest absolute Gasteiger partial charge is 0.394 e. The number of primary amides is 2. The third kappa shape index (κ3) is 29.3. The van der Waals surface area contributed by atoms with Gasteiger partial charge in [-0.3, -0.25) is 86.9 Å². The summed E-state index contributed by atoms with van der Waals surface area (Å²) in [5, 5.41) is 41.6. The Hall–Kier alpha value is -12.9. The van der Waals surface area contributed by atoms with Crippen LogP contribution in [0.2, 0.25) is 0 Å². The fourth-order valence-corrected chi connectivity index (χ4v) is 16.9. The zero-order valence-corrected chi connectivity index (χ0v) is 75.0. The number of aromatic nitrogens is 4. The van der Waals surface area contributed by atoms with Gasteiger partial charge in [0.05, 0.1) is 55.7 Å². The number of guanidine groups is 1. The monoisotopic (exact) mass is 1810 g/mol. The maximum absolute atomic E-state index is 15.7. The second-order valence-electron chi connectivity index (χ2n) is 33.1. The molecule has 698 valence electrons. The highest BCUT2D eigenvalue weighted by molar-refractivity contribution is 8.00. The molecule has 2 aliphatic rings.